The van der Waals surface area contributed by atoms with Gasteiger partial charge in [-0.15, -0.1) is 0 Å². The van der Waals surface area contributed by atoms with Crippen molar-refractivity contribution < 1.29 is 4.79 Å². The van der Waals surface area contributed by atoms with Gasteiger partial charge in [-0.1, -0.05) is 6.92 Å². The Morgan fingerprint density at radius 3 is 2.61 bits per heavy atom. The van der Waals surface area contributed by atoms with Crippen LogP contribution in [0.5, 0.6) is 0 Å². The number of aromatic amines is 1. The maximum atomic E-state index is 13.0. The van der Waals surface area contributed by atoms with Crippen molar-refractivity contribution in [3.8, 4) is 11.3 Å². The topological polar surface area (TPSA) is 140 Å². The zero-order valence-electron chi connectivity index (χ0n) is 18.1. The standard InChI is InChI=1S/C23H23N7O3/c1-2-19(31)29-9-7-14(8-10-29)30-21-15(22(32)28-23(30)33)12-25-17-5-4-16(27-20(17)21)13-3-6-18(24)26-11-13/h3-6,11-12,14H,2,7-10H2,1H3,(H2,24,26)(H,28,32,33). The van der Waals surface area contributed by atoms with E-state index in [2.05, 4.69) is 15.0 Å². The lowest BCUT2D eigenvalue weighted by molar-refractivity contribution is -0.132. The van der Waals surface area contributed by atoms with Crippen molar-refractivity contribution in [3.63, 3.8) is 0 Å². The number of aromatic nitrogens is 5. The first-order chi connectivity index (χ1) is 16.0. The normalized spacial score (nSPS) is 14.8. The molecule has 3 N–H and O–H groups in total. The minimum Gasteiger partial charge on any atom is -0.384 e. The molecule has 0 aromatic carbocycles. The number of carbonyl (C=O) groups excluding carboxylic acids is 1. The van der Waals surface area contributed by atoms with Gasteiger partial charge in [-0.25, -0.2) is 14.8 Å². The number of anilines is 1. The molecule has 1 saturated heterocycles. The molecule has 0 atom stereocenters. The van der Waals surface area contributed by atoms with Crippen LogP contribution in [0, 0.1) is 0 Å². The van der Waals surface area contributed by atoms with Gasteiger partial charge < -0.3 is 10.6 Å². The average Bonchev–Trinajstić information content (AvgIpc) is 2.84. The summed E-state index contributed by atoms with van der Waals surface area (Å²) in [6.07, 6.45) is 4.78. The minimum atomic E-state index is -0.499. The SMILES string of the molecule is CCC(=O)N1CCC(n2c(=O)[nH]c(=O)c3cnc4ccc(-c5ccc(N)nc5)nc4c32)CC1. The Morgan fingerprint density at radius 1 is 1.12 bits per heavy atom. The number of nitrogens with two attached hydrogens (primary N) is 1. The van der Waals surface area contributed by atoms with Gasteiger partial charge in [-0.2, -0.15) is 0 Å². The van der Waals surface area contributed by atoms with Gasteiger partial charge in [0, 0.05) is 43.5 Å². The van der Waals surface area contributed by atoms with Crippen LogP contribution in [0.15, 0.2) is 46.2 Å². The number of rotatable bonds is 3. The number of amides is 1. The molecule has 1 fully saturated rings. The average molecular weight is 445 g/mol. The quantitative estimate of drug-likeness (QED) is 0.459. The lowest BCUT2D eigenvalue weighted by atomic mass is 10.0. The van der Waals surface area contributed by atoms with Gasteiger partial charge in [0.25, 0.3) is 5.56 Å². The molecule has 1 aliphatic rings. The number of hydrogen-bond acceptors (Lipinski definition) is 7. The van der Waals surface area contributed by atoms with E-state index in [0.717, 1.165) is 5.56 Å². The monoisotopic (exact) mass is 445 g/mol. The van der Waals surface area contributed by atoms with Gasteiger partial charge in [0.05, 0.1) is 22.1 Å². The zero-order valence-corrected chi connectivity index (χ0v) is 18.1. The summed E-state index contributed by atoms with van der Waals surface area (Å²) in [6.45, 7) is 2.96. The summed E-state index contributed by atoms with van der Waals surface area (Å²) < 4.78 is 1.62. The fourth-order valence-corrected chi connectivity index (χ4v) is 4.45. The van der Waals surface area contributed by atoms with E-state index in [4.69, 9.17) is 10.7 Å². The van der Waals surface area contributed by atoms with Gasteiger partial charge in [-0.05, 0) is 37.1 Å². The summed E-state index contributed by atoms with van der Waals surface area (Å²) in [5.41, 5.74) is 7.61. The molecule has 1 amide bonds. The Labute approximate surface area is 188 Å². The third kappa shape index (κ3) is 3.63. The van der Waals surface area contributed by atoms with E-state index in [-0.39, 0.29) is 11.9 Å². The lowest BCUT2D eigenvalue weighted by Crippen LogP contribution is -2.42. The number of H-pyrrole nitrogens is 1. The van der Waals surface area contributed by atoms with E-state index < -0.39 is 11.2 Å². The van der Waals surface area contributed by atoms with Crippen molar-refractivity contribution in [2.45, 2.75) is 32.2 Å². The smallest absolute Gasteiger partial charge is 0.329 e. The van der Waals surface area contributed by atoms with Gasteiger partial charge in [0.1, 0.15) is 11.3 Å². The molecule has 0 aliphatic carbocycles. The summed E-state index contributed by atoms with van der Waals surface area (Å²) in [5.74, 6) is 0.505. The van der Waals surface area contributed by atoms with Crippen molar-refractivity contribution in [2.75, 3.05) is 18.8 Å². The van der Waals surface area contributed by atoms with E-state index in [0.29, 0.717) is 65.8 Å². The number of pyridine rings is 3. The summed E-state index contributed by atoms with van der Waals surface area (Å²) in [6, 6.07) is 6.96. The third-order valence-electron chi connectivity index (χ3n) is 6.18. The molecule has 10 nitrogen and oxygen atoms in total. The second kappa shape index (κ2) is 8.12. The number of fused-ring (bicyclic) bond motifs is 3. The molecule has 33 heavy (non-hydrogen) atoms. The van der Waals surface area contributed by atoms with Crippen LogP contribution in [0.2, 0.25) is 0 Å². The first kappa shape index (κ1) is 20.8. The summed E-state index contributed by atoms with van der Waals surface area (Å²) in [4.78, 5) is 55.3. The van der Waals surface area contributed by atoms with E-state index in [1.165, 1.54) is 6.20 Å². The molecule has 5 rings (SSSR count). The fraction of sp³-hybridized carbons (Fsp3) is 0.304. The molecule has 4 aromatic heterocycles. The largest absolute Gasteiger partial charge is 0.384 e. The number of carbonyl (C=O) groups is 1. The molecule has 5 heterocycles. The van der Waals surface area contributed by atoms with E-state index in [1.54, 1.807) is 16.8 Å². The van der Waals surface area contributed by atoms with Crippen LogP contribution < -0.4 is 17.0 Å². The van der Waals surface area contributed by atoms with Crippen molar-refractivity contribution in [1.29, 1.82) is 0 Å². The number of nitrogens with zero attached hydrogens (tertiary/aromatic N) is 5. The molecule has 0 radical (unpaired) electrons. The van der Waals surface area contributed by atoms with Crippen LogP contribution in [0.4, 0.5) is 5.82 Å². The number of hydrogen-bond donors (Lipinski definition) is 2. The van der Waals surface area contributed by atoms with Crippen LogP contribution in [0.1, 0.15) is 32.2 Å². The maximum absolute atomic E-state index is 13.0. The Hall–Kier alpha value is -4.08. The highest BCUT2D eigenvalue weighted by Crippen LogP contribution is 2.29. The molecule has 168 valence electrons. The molecule has 0 bridgehead atoms. The Morgan fingerprint density at radius 2 is 1.91 bits per heavy atom. The Balaban J connectivity index is 1.69. The van der Waals surface area contributed by atoms with Crippen molar-refractivity contribution in [3.05, 3.63) is 57.5 Å². The van der Waals surface area contributed by atoms with E-state index in [9.17, 15) is 14.4 Å². The van der Waals surface area contributed by atoms with Gasteiger partial charge in [0.15, 0.2) is 0 Å². The van der Waals surface area contributed by atoms with Crippen molar-refractivity contribution in [2.24, 2.45) is 0 Å². The Bertz CT molecular complexity index is 1480. The highest BCUT2D eigenvalue weighted by atomic mass is 16.2. The highest BCUT2D eigenvalue weighted by molar-refractivity contribution is 6.01. The van der Waals surface area contributed by atoms with Crippen LogP contribution in [0.3, 0.4) is 0 Å². The second-order valence-corrected chi connectivity index (χ2v) is 8.15. The molecular formula is C23H23N7O3. The fourth-order valence-electron chi connectivity index (χ4n) is 4.45. The molecule has 1 aliphatic heterocycles. The molecule has 10 heteroatoms. The predicted molar refractivity (Wildman–Crippen MR) is 125 cm³/mol. The van der Waals surface area contributed by atoms with Gasteiger partial charge in [0.2, 0.25) is 5.91 Å². The predicted octanol–water partition coefficient (Wildman–Crippen LogP) is 1.85. The van der Waals surface area contributed by atoms with E-state index >= 15 is 0 Å². The molecular weight excluding hydrogens is 422 g/mol. The lowest BCUT2D eigenvalue weighted by Gasteiger charge is -2.33. The number of likely N-dealkylation sites (tertiary alicyclic amines) is 1. The summed E-state index contributed by atoms with van der Waals surface area (Å²) in [5, 5.41) is 0.300. The minimum absolute atomic E-state index is 0.102. The number of nitrogens with one attached hydrogen (secondary N) is 1. The molecule has 0 unspecified atom stereocenters. The first-order valence-electron chi connectivity index (χ1n) is 10.9. The maximum Gasteiger partial charge on any atom is 0.329 e. The molecule has 0 spiro atoms. The third-order valence-corrected chi connectivity index (χ3v) is 6.18. The van der Waals surface area contributed by atoms with Crippen LogP contribution in [-0.4, -0.2) is 48.4 Å². The van der Waals surface area contributed by atoms with Crippen LogP contribution >= 0.6 is 0 Å². The van der Waals surface area contributed by atoms with Gasteiger partial charge >= 0.3 is 5.69 Å². The second-order valence-electron chi connectivity index (χ2n) is 8.15. The van der Waals surface area contributed by atoms with Gasteiger partial charge in [-0.3, -0.25) is 24.1 Å². The Kier molecular flexibility index (Phi) is 5.12. The number of nitrogen functional groups attached to an aromatic ring is 1. The summed E-state index contributed by atoms with van der Waals surface area (Å²) >= 11 is 0. The van der Waals surface area contributed by atoms with Crippen molar-refractivity contribution in [1.82, 2.24) is 29.4 Å². The van der Waals surface area contributed by atoms with Crippen LogP contribution in [-0.2, 0) is 4.79 Å². The van der Waals surface area contributed by atoms with Crippen molar-refractivity contribution >= 4 is 33.7 Å². The van der Waals surface area contributed by atoms with E-state index in [1.807, 2.05) is 30.0 Å². The summed E-state index contributed by atoms with van der Waals surface area (Å²) in [7, 11) is 0. The molecule has 0 saturated carbocycles. The first-order valence-corrected chi connectivity index (χ1v) is 10.9. The highest BCUT2D eigenvalue weighted by Gasteiger charge is 2.26. The zero-order chi connectivity index (χ0) is 23.1. The molecule has 4 aromatic rings. The van der Waals surface area contributed by atoms with Crippen LogP contribution in [0.25, 0.3) is 33.2 Å². The number of piperidine rings is 1.